The second-order valence-electron chi connectivity index (χ2n) is 3.80. The van der Waals surface area contributed by atoms with Gasteiger partial charge in [-0.05, 0) is 24.6 Å². The number of nitrogens with zero attached hydrogens (tertiary/aromatic N) is 2. The average Bonchev–Trinajstić information content (AvgIpc) is 2.87. The largest absolute Gasteiger partial charge is 0.296 e. The monoisotopic (exact) mass is 347 g/mol. The average molecular weight is 348 g/mol. The van der Waals surface area contributed by atoms with Crippen LogP contribution >= 0.6 is 46.3 Å². The van der Waals surface area contributed by atoms with Crippen LogP contribution in [0.3, 0.4) is 0 Å². The van der Waals surface area contributed by atoms with Gasteiger partial charge in [-0.2, -0.15) is 0 Å². The predicted octanol–water partition coefficient (Wildman–Crippen LogP) is 4.60. The van der Waals surface area contributed by atoms with E-state index < -0.39 is 0 Å². The van der Waals surface area contributed by atoms with E-state index in [1.54, 1.807) is 23.9 Å². The molecule has 1 aromatic carbocycles. The highest BCUT2D eigenvalue weighted by atomic mass is 35.5. The van der Waals surface area contributed by atoms with Crippen LogP contribution in [0.25, 0.3) is 0 Å². The van der Waals surface area contributed by atoms with Gasteiger partial charge in [0.1, 0.15) is 0 Å². The maximum absolute atomic E-state index is 12.0. The van der Waals surface area contributed by atoms with Gasteiger partial charge in [-0.3, -0.25) is 10.1 Å². The number of aromatic nitrogens is 2. The summed E-state index contributed by atoms with van der Waals surface area (Å²) in [5.41, 5.74) is 0.428. The van der Waals surface area contributed by atoms with Crippen molar-refractivity contribution in [1.29, 1.82) is 0 Å². The van der Waals surface area contributed by atoms with Gasteiger partial charge in [0.2, 0.25) is 5.13 Å². The molecule has 1 heterocycles. The number of halogens is 2. The maximum Gasteiger partial charge on any atom is 0.257 e. The van der Waals surface area contributed by atoms with Crippen LogP contribution in [0.4, 0.5) is 5.13 Å². The van der Waals surface area contributed by atoms with Crippen molar-refractivity contribution in [3.05, 3.63) is 33.8 Å². The Labute approximate surface area is 134 Å². The van der Waals surface area contributed by atoms with E-state index in [0.29, 0.717) is 20.7 Å². The molecule has 0 bridgehead atoms. The number of carbonyl (C=O) groups is 1. The van der Waals surface area contributed by atoms with E-state index in [-0.39, 0.29) is 5.91 Å². The third-order valence-corrected chi connectivity index (χ3v) is 5.16. The predicted molar refractivity (Wildman–Crippen MR) is 85.3 cm³/mol. The molecule has 0 unspecified atom stereocenters. The number of hydrogen-bond donors (Lipinski definition) is 1. The van der Waals surface area contributed by atoms with Crippen molar-refractivity contribution in [1.82, 2.24) is 10.2 Å². The fourth-order valence-electron chi connectivity index (χ4n) is 1.31. The summed E-state index contributed by atoms with van der Waals surface area (Å²) in [6.07, 6.45) is 1.06. The molecule has 0 saturated carbocycles. The van der Waals surface area contributed by atoms with Crippen LogP contribution in [0.15, 0.2) is 22.5 Å². The fourth-order valence-corrected chi connectivity index (χ4v) is 3.28. The molecular formula is C12H11Cl2N3OS2. The number of hydrogen-bond acceptors (Lipinski definition) is 5. The summed E-state index contributed by atoms with van der Waals surface area (Å²) in [6, 6.07) is 4.71. The highest BCUT2D eigenvalue weighted by molar-refractivity contribution is 8.01. The van der Waals surface area contributed by atoms with E-state index in [1.165, 1.54) is 17.4 Å². The first-order valence-corrected chi connectivity index (χ1v) is 8.38. The van der Waals surface area contributed by atoms with Gasteiger partial charge in [0.25, 0.3) is 5.91 Å². The molecule has 106 valence electrons. The number of anilines is 1. The second kappa shape index (κ2) is 7.26. The van der Waals surface area contributed by atoms with Gasteiger partial charge in [-0.25, -0.2) is 0 Å². The Bertz CT molecular complexity index is 618. The zero-order chi connectivity index (χ0) is 14.5. The maximum atomic E-state index is 12.0. The van der Waals surface area contributed by atoms with Gasteiger partial charge in [0, 0.05) is 11.3 Å². The molecule has 0 aliphatic carbocycles. The third-order valence-electron chi connectivity index (χ3n) is 2.24. The van der Waals surface area contributed by atoms with E-state index in [2.05, 4.69) is 22.4 Å². The van der Waals surface area contributed by atoms with Gasteiger partial charge in [-0.15, -0.1) is 10.2 Å². The van der Waals surface area contributed by atoms with E-state index in [4.69, 9.17) is 23.2 Å². The van der Waals surface area contributed by atoms with Gasteiger partial charge >= 0.3 is 0 Å². The molecule has 0 saturated heterocycles. The van der Waals surface area contributed by atoms with Crippen LogP contribution in [0, 0.1) is 0 Å². The first-order valence-electron chi connectivity index (χ1n) is 5.83. The molecule has 4 nitrogen and oxygen atoms in total. The lowest BCUT2D eigenvalue weighted by molar-refractivity contribution is 0.102. The molecule has 0 fully saturated rings. The molecule has 1 aromatic heterocycles. The lowest BCUT2D eigenvalue weighted by Gasteiger charge is -2.02. The van der Waals surface area contributed by atoms with E-state index in [9.17, 15) is 4.79 Å². The Kier molecular flexibility index (Phi) is 5.65. The van der Waals surface area contributed by atoms with Crippen LogP contribution in [-0.4, -0.2) is 21.9 Å². The number of nitrogens with one attached hydrogen (secondary N) is 1. The van der Waals surface area contributed by atoms with Crippen molar-refractivity contribution in [2.24, 2.45) is 0 Å². The molecule has 8 heteroatoms. The Morgan fingerprint density at radius 1 is 1.35 bits per heavy atom. The smallest absolute Gasteiger partial charge is 0.257 e. The Hall–Kier alpha value is -0.820. The molecule has 0 aliphatic heterocycles. The minimum Gasteiger partial charge on any atom is -0.296 e. The van der Waals surface area contributed by atoms with Crippen molar-refractivity contribution in [3.63, 3.8) is 0 Å². The normalized spacial score (nSPS) is 10.6. The molecule has 0 aliphatic rings. The van der Waals surface area contributed by atoms with Crippen molar-refractivity contribution in [2.45, 2.75) is 17.7 Å². The minimum atomic E-state index is -0.285. The molecule has 1 N–H and O–H groups in total. The van der Waals surface area contributed by atoms with Gasteiger partial charge in [0.15, 0.2) is 4.34 Å². The van der Waals surface area contributed by atoms with Crippen LogP contribution in [-0.2, 0) is 0 Å². The zero-order valence-electron chi connectivity index (χ0n) is 10.5. The molecule has 1 amide bonds. The summed E-state index contributed by atoms with van der Waals surface area (Å²) < 4.78 is 0.844. The molecule has 0 spiro atoms. The van der Waals surface area contributed by atoms with Crippen LogP contribution in [0.5, 0.6) is 0 Å². The zero-order valence-corrected chi connectivity index (χ0v) is 13.7. The number of thioether (sulfide) groups is 1. The first kappa shape index (κ1) is 15.6. The summed E-state index contributed by atoms with van der Waals surface area (Å²) in [6.45, 7) is 2.10. The summed E-state index contributed by atoms with van der Waals surface area (Å²) in [7, 11) is 0. The second-order valence-corrected chi connectivity index (χ2v) is 6.94. The summed E-state index contributed by atoms with van der Waals surface area (Å²) in [5, 5.41) is 11.9. The number of amides is 1. The number of benzene rings is 1. The van der Waals surface area contributed by atoms with Gasteiger partial charge in [-0.1, -0.05) is 53.2 Å². The van der Waals surface area contributed by atoms with Crippen molar-refractivity contribution in [2.75, 3.05) is 11.1 Å². The topological polar surface area (TPSA) is 54.9 Å². The minimum absolute atomic E-state index is 0.285. The molecular weight excluding hydrogens is 337 g/mol. The van der Waals surface area contributed by atoms with Gasteiger partial charge < -0.3 is 0 Å². The quantitative estimate of drug-likeness (QED) is 0.634. The van der Waals surface area contributed by atoms with Gasteiger partial charge in [0.05, 0.1) is 10.0 Å². The third kappa shape index (κ3) is 4.09. The SMILES string of the molecule is CCCSc1nnc(NC(=O)c2ccc(Cl)c(Cl)c2)s1. The standard InChI is InChI=1S/C12H11Cl2N3OS2/c1-2-5-19-12-17-16-11(20-12)15-10(18)7-3-4-8(13)9(14)6-7/h3-4,6H,2,5H2,1H3,(H,15,16,18). The molecule has 20 heavy (non-hydrogen) atoms. The van der Waals surface area contributed by atoms with E-state index >= 15 is 0 Å². The summed E-state index contributed by atoms with van der Waals surface area (Å²) in [5.74, 6) is 0.696. The van der Waals surface area contributed by atoms with Crippen LogP contribution < -0.4 is 5.32 Å². The molecule has 2 aromatic rings. The fraction of sp³-hybridized carbons (Fsp3) is 0.250. The Morgan fingerprint density at radius 3 is 2.85 bits per heavy atom. The number of carbonyl (C=O) groups excluding carboxylic acids is 1. The van der Waals surface area contributed by atoms with E-state index in [1.807, 2.05) is 0 Å². The Balaban J connectivity index is 2.03. The molecule has 2 rings (SSSR count). The van der Waals surface area contributed by atoms with Crippen molar-refractivity contribution >= 4 is 57.3 Å². The summed E-state index contributed by atoms with van der Waals surface area (Å²) >= 11 is 14.7. The molecule has 0 atom stereocenters. The van der Waals surface area contributed by atoms with Crippen molar-refractivity contribution in [3.8, 4) is 0 Å². The highest BCUT2D eigenvalue weighted by Gasteiger charge is 2.11. The first-order chi connectivity index (χ1) is 9.60. The lowest BCUT2D eigenvalue weighted by Crippen LogP contribution is -2.11. The van der Waals surface area contributed by atoms with Crippen molar-refractivity contribution < 1.29 is 4.79 Å². The molecule has 0 radical (unpaired) electrons. The van der Waals surface area contributed by atoms with Crippen LogP contribution in [0.2, 0.25) is 10.0 Å². The van der Waals surface area contributed by atoms with Crippen LogP contribution in [0.1, 0.15) is 23.7 Å². The lowest BCUT2D eigenvalue weighted by atomic mass is 10.2. The number of rotatable bonds is 5. The van der Waals surface area contributed by atoms with E-state index in [0.717, 1.165) is 16.5 Å². The highest BCUT2D eigenvalue weighted by Crippen LogP contribution is 2.27. The summed E-state index contributed by atoms with van der Waals surface area (Å²) in [4.78, 5) is 12.0. The Morgan fingerprint density at radius 2 is 2.15 bits per heavy atom.